The Labute approximate surface area is 154 Å². The molecule has 0 unspecified atom stereocenters. The van der Waals surface area contributed by atoms with Crippen molar-refractivity contribution in [3.8, 4) is 5.75 Å². The van der Waals surface area contributed by atoms with Gasteiger partial charge in [-0.1, -0.05) is 18.5 Å². The van der Waals surface area contributed by atoms with E-state index in [0.717, 1.165) is 0 Å². The van der Waals surface area contributed by atoms with Crippen molar-refractivity contribution in [1.29, 1.82) is 0 Å². The van der Waals surface area contributed by atoms with E-state index in [1.807, 2.05) is 4.72 Å². The SMILES string of the molecule is CC[C@H]1Oc2ccc(S(=O)(=O)NC(=O)c3c(Cl)cnn3C)cc2NC1=O. The largest absolute Gasteiger partial charge is 0.478 e. The Balaban J connectivity index is 1.88. The number of rotatable bonds is 4. The second-order valence-electron chi connectivity index (χ2n) is 5.56. The molecule has 11 heteroatoms. The monoisotopic (exact) mass is 398 g/mol. The maximum Gasteiger partial charge on any atom is 0.284 e. The normalized spacial score (nSPS) is 16.4. The third-order valence-corrected chi connectivity index (χ3v) is 5.39. The van der Waals surface area contributed by atoms with Gasteiger partial charge in [0.2, 0.25) is 0 Å². The average molecular weight is 399 g/mol. The molecule has 1 aliphatic rings. The summed E-state index contributed by atoms with van der Waals surface area (Å²) < 4.78 is 33.6. The molecule has 1 aromatic carbocycles. The lowest BCUT2D eigenvalue weighted by Crippen LogP contribution is -2.36. The van der Waals surface area contributed by atoms with Gasteiger partial charge >= 0.3 is 0 Å². The van der Waals surface area contributed by atoms with E-state index in [9.17, 15) is 18.0 Å². The van der Waals surface area contributed by atoms with E-state index in [-0.39, 0.29) is 27.2 Å². The first kappa shape index (κ1) is 18.2. The molecule has 2 amide bonds. The summed E-state index contributed by atoms with van der Waals surface area (Å²) in [7, 11) is -2.73. The molecule has 2 N–H and O–H groups in total. The number of carbonyl (C=O) groups is 2. The minimum Gasteiger partial charge on any atom is -0.478 e. The predicted molar refractivity (Wildman–Crippen MR) is 92.6 cm³/mol. The third-order valence-electron chi connectivity index (χ3n) is 3.79. The van der Waals surface area contributed by atoms with Crippen LogP contribution in [0, 0.1) is 0 Å². The summed E-state index contributed by atoms with van der Waals surface area (Å²) in [4.78, 5) is 23.9. The minimum absolute atomic E-state index is 0.0249. The summed E-state index contributed by atoms with van der Waals surface area (Å²) in [6, 6.07) is 3.93. The Kier molecular flexibility index (Phi) is 4.63. The van der Waals surface area contributed by atoms with Gasteiger partial charge in [0.15, 0.2) is 6.10 Å². The van der Waals surface area contributed by atoms with E-state index in [0.29, 0.717) is 12.2 Å². The molecule has 0 saturated heterocycles. The van der Waals surface area contributed by atoms with Gasteiger partial charge in [-0.15, -0.1) is 0 Å². The van der Waals surface area contributed by atoms with Crippen LogP contribution in [0.5, 0.6) is 5.75 Å². The lowest BCUT2D eigenvalue weighted by molar-refractivity contribution is -0.123. The standard InChI is InChI=1S/C15H15ClN4O5S/c1-3-11-14(21)18-10-6-8(4-5-12(10)25-11)26(23,24)19-15(22)13-9(16)7-17-20(13)2/h4-7,11H,3H2,1-2H3,(H,18,21)(H,19,22)/t11-/m1/s1. The van der Waals surface area contributed by atoms with Crippen LogP contribution in [0.1, 0.15) is 23.8 Å². The minimum atomic E-state index is -4.20. The van der Waals surface area contributed by atoms with Crippen molar-refractivity contribution in [2.45, 2.75) is 24.3 Å². The Morgan fingerprint density at radius 2 is 2.19 bits per heavy atom. The number of anilines is 1. The summed E-state index contributed by atoms with van der Waals surface area (Å²) in [5, 5.41) is 6.41. The number of hydrogen-bond acceptors (Lipinski definition) is 6. The Bertz CT molecular complexity index is 982. The molecular weight excluding hydrogens is 384 g/mol. The van der Waals surface area contributed by atoms with E-state index >= 15 is 0 Å². The first-order valence-electron chi connectivity index (χ1n) is 7.59. The number of aryl methyl sites for hydroxylation is 1. The van der Waals surface area contributed by atoms with E-state index in [1.54, 1.807) is 6.92 Å². The Morgan fingerprint density at radius 3 is 2.81 bits per heavy atom. The lowest BCUT2D eigenvalue weighted by atomic mass is 10.2. The Hall–Kier alpha value is -2.59. The van der Waals surface area contributed by atoms with Gasteiger partial charge in [0, 0.05) is 7.05 Å². The third kappa shape index (κ3) is 3.25. The summed E-state index contributed by atoms with van der Waals surface area (Å²) in [6.07, 6.45) is 1.09. The zero-order valence-corrected chi connectivity index (χ0v) is 15.4. The van der Waals surface area contributed by atoms with Crippen LogP contribution in [0.25, 0.3) is 0 Å². The molecule has 2 heterocycles. The van der Waals surface area contributed by atoms with Gasteiger partial charge in [-0.25, -0.2) is 13.1 Å². The number of fused-ring (bicyclic) bond motifs is 1. The summed E-state index contributed by atoms with van der Waals surface area (Å²) in [6.45, 7) is 1.80. The highest BCUT2D eigenvalue weighted by molar-refractivity contribution is 7.90. The molecule has 26 heavy (non-hydrogen) atoms. The fourth-order valence-electron chi connectivity index (χ4n) is 2.46. The number of halogens is 1. The van der Waals surface area contributed by atoms with Gasteiger partial charge in [0.25, 0.3) is 21.8 Å². The number of nitrogens with one attached hydrogen (secondary N) is 2. The topological polar surface area (TPSA) is 119 Å². The molecule has 3 rings (SSSR count). The van der Waals surface area contributed by atoms with Crippen LogP contribution in [0.3, 0.4) is 0 Å². The van der Waals surface area contributed by atoms with Crippen molar-refractivity contribution >= 4 is 39.1 Å². The summed E-state index contributed by atoms with van der Waals surface area (Å²) in [5.41, 5.74) is 0.129. The van der Waals surface area contributed by atoms with Crippen LogP contribution in [0.15, 0.2) is 29.3 Å². The zero-order chi connectivity index (χ0) is 19.1. The number of amides is 2. The fraction of sp³-hybridized carbons (Fsp3) is 0.267. The van der Waals surface area contributed by atoms with Crippen molar-refractivity contribution in [3.63, 3.8) is 0 Å². The van der Waals surface area contributed by atoms with Crippen molar-refractivity contribution in [2.75, 3.05) is 5.32 Å². The molecule has 1 atom stereocenters. The predicted octanol–water partition coefficient (Wildman–Crippen LogP) is 1.30. The second-order valence-corrected chi connectivity index (χ2v) is 7.65. The van der Waals surface area contributed by atoms with Gasteiger partial charge < -0.3 is 10.1 Å². The Morgan fingerprint density at radius 1 is 1.46 bits per heavy atom. The molecule has 1 aliphatic heterocycles. The molecule has 138 valence electrons. The van der Waals surface area contributed by atoms with Crippen molar-refractivity contribution in [2.24, 2.45) is 7.05 Å². The van der Waals surface area contributed by atoms with Crippen LogP contribution in [-0.4, -0.2) is 36.1 Å². The molecule has 9 nitrogen and oxygen atoms in total. The second kappa shape index (κ2) is 6.61. The van der Waals surface area contributed by atoms with E-state index < -0.39 is 22.0 Å². The number of hydrogen-bond donors (Lipinski definition) is 2. The highest BCUT2D eigenvalue weighted by Gasteiger charge is 2.29. The first-order valence-corrected chi connectivity index (χ1v) is 9.45. The molecule has 0 fully saturated rings. The van der Waals surface area contributed by atoms with Crippen molar-refractivity contribution in [3.05, 3.63) is 35.1 Å². The molecule has 0 bridgehead atoms. The van der Waals surface area contributed by atoms with Crippen LogP contribution in [0.4, 0.5) is 5.69 Å². The van der Waals surface area contributed by atoms with Crippen LogP contribution >= 0.6 is 11.6 Å². The van der Waals surface area contributed by atoms with Crippen molar-refractivity contribution in [1.82, 2.24) is 14.5 Å². The number of carbonyl (C=O) groups excluding carboxylic acids is 2. The molecule has 1 aromatic heterocycles. The first-order chi connectivity index (χ1) is 12.2. The maximum absolute atomic E-state index is 12.5. The van der Waals surface area contributed by atoms with Gasteiger partial charge in [-0.2, -0.15) is 5.10 Å². The number of aromatic nitrogens is 2. The molecule has 0 radical (unpaired) electrons. The smallest absolute Gasteiger partial charge is 0.284 e. The number of sulfonamides is 1. The van der Waals surface area contributed by atoms with Gasteiger partial charge in [-0.05, 0) is 24.6 Å². The van der Waals surface area contributed by atoms with E-state index in [2.05, 4.69) is 10.4 Å². The van der Waals surface area contributed by atoms with Crippen molar-refractivity contribution < 1.29 is 22.7 Å². The number of ether oxygens (including phenoxy) is 1. The van der Waals surface area contributed by atoms with Crippen LogP contribution in [-0.2, 0) is 21.9 Å². The highest BCUT2D eigenvalue weighted by atomic mass is 35.5. The quantitative estimate of drug-likeness (QED) is 0.801. The van der Waals surface area contributed by atoms with Crippen LogP contribution in [0.2, 0.25) is 5.02 Å². The molecular formula is C15H15ClN4O5S. The fourth-order valence-corrected chi connectivity index (χ4v) is 3.69. The lowest BCUT2D eigenvalue weighted by Gasteiger charge is -2.25. The molecule has 0 aliphatic carbocycles. The summed E-state index contributed by atoms with van der Waals surface area (Å²) in [5.74, 6) is -0.921. The average Bonchev–Trinajstić information content (AvgIpc) is 2.92. The van der Waals surface area contributed by atoms with Gasteiger partial charge in [0.1, 0.15) is 11.4 Å². The highest BCUT2D eigenvalue weighted by Crippen LogP contribution is 2.32. The number of nitrogens with zero attached hydrogens (tertiary/aromatic N) is 2. The molecule has 2 aromatic rings. The molecule has 0 saturated carbocycles. The van der Waals surface area contributed by atoms with E-state index in [4.69, 9.17) is 16.3 Å². The van der Waals surface area contributed by atoms with Gasteiger partial charge in [-0.3, -0.25) is 14.3 Å². The summed E-state index contributed by atoms with van der Waals surface area (Å²) >= 11 is 5.85. The van der Waals surface area contributed by atoms with Crippen LogP contribution < -0.4 is 14.8 Å². The number of benzene rings is 1. The van der Waals surface area contributed by atoms with E-state index in [1.165, 1.54) is 36.1 Å². The zero-order valence-electron chi connectivity index (χ0n) is 13.8. The van der Waals surface area contributed by atoms with Gasteiger partial charge in [0.05, 0.1) is 21.8 Å². The molecule has 0 spiro atoms. The maximum atomic E-state index is 12.5.